The van der Waals surface area contributed by atoms with E-state index in [0.29, 0.717) is 13.1 Å². The van der Waals surface area contributed by atoms with E-state index in [-0.39, 0.29) is 23.9 Å². The van der Waals surface area contributed by atoms with Gasteiger partial charge in [-0.1, -0.05) is 12.1 Å². The Bertz CT molecular complexity index is 445. The number of hydrogen-bond donors (Lipinski definition) is 1. The molecule has 1 aromatic carbocycles. The van der Waals surface area contributed by atoms with E-state index in [1.165, 1.54) is 18.2 Å². The van der Waals surface area contributed by atoms with Gasteiger partial charge in [-0.3, -0.25) is 4.79 Å². The summed E-state index contributed by atoms with van der Waals surface area (Å²) in [5, 5.41) is 2.67. The minimum absolute atomic E-state index is 0.0834. The van der Waals surface area contributed by atoms with Crippen LogP contribution in [0.15, 0.2) is 24.3 Å². The zero-order valence-electron chi connectivity index (χ0n) is 11.3. The number of ether oxygens (including phenoxy) is 1. The molecule has 0 aromatic heterocycles. The molecule has 0 unspecified atom stereocenters. The summed E-state index contributed by atoms with van der Waals surface area (Å²) in [5.41, 5.74) is 0.130. The van der Waals surface area contributed by atoms with Crippen molar-refractivity contribution in [2.75, 3.05) is 25.0 Å². The summed E-state index contributed by atoms with van der Waals surface area (Å²) in [7, 11) is 0. The molecular weight excluding hydrogens is 273 g/mol. The number of alkyl halides is 3. The van der Waals surface area contributed by atoms with Crippen LogP contribution in [0.2, 0.25) is 0 Å². The number of halogens is 3. The highest BCUT2D eigenvalue weighted by Gasteiger charge is 2.32. The maximum Gasteiger partial charge on any atom is 0.573 e. The van der Waals surface area contributed by atoms with Gasteiger partial charge in [0.05, 0.1) is 12.2 Å². The molecule has 0 heterocycles. The summed E-state index contributed by atoms with van der Waals surface area (Å²) in [4.78, 5) is 13.4. The lowest BCUT2D eigenvalue weighted by Crippen LogP contribution is -2.35. The highest BCUT2D eigenvalue weighted by atomic mass is 19.4. The minimum Gasteiger partial charge on any atom is -0.404 e. The van der Waals surface area contributed by atoms with E-state index >= 15 is 0 Å². The van der Waals surface area contributed by atoms with Crippen LogP contribution in [0.3, 0.4) is 0 Å². The van der Waals surface area contributed by atoms with Crippen LogP contribution in [0.1, 0.15) is 13.8 Å². The van der Waals surface area contributed by atoms with Gasteiger partial charge in [0, 0.05) is 13.1 Å². The third-order valence-corrected chi connectivity index (χ3v) is 2.66. The number of carbonyl (C=O) groups is 1. The number of anilines is 1. The number of likely N-dealkylation sites (N-methyl/N-ethyl adjacent to an activating group) is 1. The highest BCUT2D eigenvalue weighted by molar-refractivity contribution is 5.81. The van der Waals surface area contributed by atoms with Gasteiger partial charge in [-0.05, 0) is 26.0 Å². The summed E-state index contributed by atoms with van der Waals surface area (Å²) in [5.74, 6) is -0.538. The Balaban J connectivity index is 2.71. The second kappa shape index (κ2) is 7.02. The normalized spacial score (nSPS) is 11.1. The lowest BCUT2D eigenvalue weighted by atomic mass is 10.3. The van der Waals surface area contributed by atoms with Crippen LogP contribution in [0.4, 0.5) is 18.9 Å². The van der Waals surface area contributed by atoms with Crippen molar-refractivity contribution in [3.63, 3.8) is 0 Å². The third-order valence-electron chi connectivity index (χ3n) is 2.66. The topological polar surface area (TPSA) is 41.6 Å². The van der Waals surface area contributed by atoms with Gasteiger partial charge in [0.1, 0.15) is 0 Å². The molecular formula is C13H17F3N2O2. The summed E-state index contributed by atoms with van der Waals surface area (Å²) < 4.78 is 40.6. The van der Waals surface area contributed by atoms with Crippen LogP contribution in [0.5, 0.6) is 5.75 Å². The monoisotopic (exact) mass is 290 g/mol. The van der Waals surface area contributed by atoms with Crippen molar-refractivity contribution in [3.8, 4) is 5.75 Å². The maximum absolute atomic E-state index is 12.2. The molecule has 4 nitrogen and oxygen atoms in total. The van der Waals surface area contributed by atoms with Crippen molar-refractivity contribution in [2.45, 2.75) is 20.2 Å². The van der Waals surface area contributed by atoms with Gasteiger partial charge < -0.3 is 15.0 Å². The number of nitrogens with one attached hydrogen (secondary N) is 1. The highest BCUT2D eigenvalue weighted by Crippen LogP contribution is 2.29. The standard InChI is InChI=1S/C13H17F3N2O2/c1-3-18(4-2)12(19)9-17-10-7-5-6-8-11(10)20-13(14,15)16/h5-8,17H,3-4,9H2,1-2H3. The molecule has 0 radical (unpaired) electrons. The van der Waals surface area contributed by atoms with Gasteiger partial charge in [-0.15, -0.1) is 13.2 Å². The molecule has 0 bridgehead atoms. The van der Waals surface area contributed by atoms with Crippen molar-refractivity contribution in [1.82, 2.24) is 4.90 Å². The number of benzene rings is 1. The fourth-order valence-corrected chi connectivity index (χ4v) is 1.69. The molecule has 1 aromatic rings. The van der Waals surface area contributed by atoms with Gasteiger partial charge >= 0.3 is 6.36 Å². The molecule has 0 spiro atoms. The molecule has 0 saturated carbocycles. The molecule has 0 atom stereocenters. The molecule has 112 valence electrons. The molecule has 0 fully saturated rings. The van der Waals surface area contributed by atoms with E-state index in [1.54, 1.807) is 11.0 Å². The van der Waals surface area contributed by atoms with E-state index < -0.39 is 6.36 Å². The van der Waals surface area contributed by atoms with E-state index in [9.17, 15) is 18.0 Å². The van der Waals surface area contributed by atoms with Crippen LogP contribution in [0.25, 0.3) is 0 Å². The van der Waals surface area contributed by atoms with Gasteiger partial charge in [0.15, 0.2) is 5.75 Å². The Morgan fingerprint density at radius 3 is 2.40 bits per heavy atom. The first-order valence-electron chi connectivity index (χ1n) is 6.23. The smallest absolute Gasteiger partial charge is 0.404 e. The molecule has 0 saturated heterocycles. The Morgan fingerprint density at radius 1 is 1.25 bits per heavy atom. The zero-order valence-corrected chi connectivity index (χ0v) is 11.3. The number of rotatable bonds is 6. The number of nitrogens with zero attached hydrogens (tertiary/aromatic N) is 1. The fourth-order valence-electron chi connectivity index (χ4n) is 1.69. The number of para-hydroxylation sites is 2. The number of amides is 1. The predicted octanol–water partition coefficient (Wildman–Crippen LogP) is 2.87. The Hall–Kier alpha value is -1.92. The van der Waals surface area contributed by atoms with Gasteiger partial charge in [-0.2, -0.15) is 0 Å². The third kappa shape index (κ3) is 4.99. The Morgan fingerprint density at radius 2 is 1.85 bits per heavy atom. The molecule has 1 N–H and O–H groups in total. The SMILES string of the molecule is CCN(CC)C(=O)CNc1ccccc1OC(F)(F)F. The van der Waals surface area contributed by atoms with E-state index in [2.05, 4.69) is 10.1 Å². The molecule has 0 aliphatic heterocycles. The molecule has 0 aliphatic carbocycles. The van der Waals surface area contributed by atoms with Crippen molar-refractivity contribution in [2.24, 2.45) is 0 Å². The lowest BCUT2D eigenvalue weighted by Gasteiger charge is -2.20. The number of hydrogen-bond acceptors (Lipinski definition) is 3. The van der Waals surface area contributed by atoms with E-state index in [4.69, 9.17) is 0 Å². The molecule has 20 heavy (non-hydrogen) atoms. The van der Waals surface area contributed by atoms with Crippen LogP contribution in [-0.2, 0) is 4.79 Å². The Kier molecular flexibility index (Phi) is 5.66. The van der Waals surface area contributed by atoms with Gasteiger partial charge in [0.2, 0.25) is 5.91 Å². The maximum atomic E-state index is 12.2. The van der Waals surface area contributed by atoms with Crippen LogP contribution >= 0.6 is 0 Å². The van der Waals surface area contributed by atoms with E-state index in [1.807, 2.05) is 13.8 Å². The molecule has 7 heteroatoms. The second-order valence-corrected chi connectivity index (χ2v) is 3.96. The van der Waals surface area contributed by atoms with Crippen molar-refractivity contribution in [3.05, 3.63) is 24.3 Å². The first-order valence-corrected chi connectivity index (χ1v) is 6.23. The summed E-state index contributed by atoms with van der Waals surface area (Å²) in [6.45, 7) is 4.69. The average molecular weight is 290 g/mol. The van der Waals surface area contributed by atoms with Crippen LogP contribution in [-0.4, -0.2) is 36.8 Å². The van der Waals surface area contributed by atoms with E-state index in [0.717, 1.165) is 0 Å². The molecule has 0 aliphatic rings. The van der Waals surface area contributed by atoms with Gasteiger partial charge in [-0.25, -0.2) is 0 Å². The average Bonchev–Trinajstić information content (AvgIpc) is 2.37. The number of carbonyl (C=O) groups excluding carboxylic acids is 1. The largest absolute Gasteiger partial charge is 0.573 e. The molecule has 1 amide bonds. The van der Waals surface area contributed by atoms with Crippen molar-refractivity contribution in [1.29, 1.82) is 0 Å². The van der Waals surface area contributed by atoms with Crippen LogP contribution in [0, 0.1) is 0 Å². The molecule has 1 rings (SSSR count). The van der Waals surface area contributed by atoms with Crippen molar-refractivity contribution < 1.29 is 22.7 Å². The summed E-state index contributed by atoms with van der Waals surface area (Å²) in [6, 6.07) is 5.61. The summed E-state index contributed by atoms with van der Waals surface area (Å²) in [6.07, 6.45) is -4.76. The fraction of sp³-hybridized carbons (Fsp3) is 0.462. The van der Waals surface area contributed by atoms with Crippen molar-refractivity contribution >= 4 is 11.6 Å². The quantitative estimate of drug-likeness (QED) is 0.876. The van der Waals surface area contributed by atoms with Crippen LogP contribution < -0.4 is 10.1 Å². The predicted molar refractivity (Wildman–Crippen MR) is 69.5 cm³/mol. The summed E-state index contributed by atoms with van der Waals surface area (Å²) >= 11 is 0. The lowest BCUT2D eigenvalue weighted by molar-refractivity contribution is -0.274. The first-order chi connectivity index (χ1) is 9.37. The van der Waals surface area contributed by atoms with Gasteiger partial charge in [0.25, 0.3) is 0 Å². The first kappa shape index (κ1) is 16.1. The second-order valence-electron chi connectivity index (χ2n) is 3.96. The zero-order chi connectivity index (χ0) is 15.2. The minimum atomic E-state index is -4.76. The Labute approximate surface area is 115 Å².